The van der Waals surface area contributed by atoms with Gasteiger partial charge in [-0.1, -0.05) is 34.1 Å². The first kappa shape index (κ1) is 19.4. The van der Waals surface area contributed by atoms with Gasteiger partial charge in [0.25, 0.3) is 5.91 Å². The first-order valence-corrected chi connectivity index (χ1v) is 10.3. The molecule has 4 rings (SSSR count). The van der Waals surface area contributed by atoms with Crippen molar-refractivity contribution in [2.75, 3.05) is 19.1 Å². The highest BCUT2D eigenvalue weighted by Gasteiger charge is 2.34. The average Bonchev–Trinajstić information content (AvgIpc) is 3.36. The van der Waals surface area contributed by atoms with E-state index in [9.17, 15) is 4.79 Å². The normalized spacial score (nSPS) is 15.0. The fourth-order valence-electron chi connectivity index (χ4n) is 2.94. The Morgan fingerprint density at radius 1 is 1.10 bits per heavy atom. The first-order chi connectivity index (χ1) is 14.1. The molecule has 2 heterocycles. The maximum atomic E-state index is 13.2. The second-order valence-corrected chi connectivity index (χ2v) is 7.83. The second kappa shape index (κ2) is 8.18. The predicted octanol–water partition coefficient (Wildman–Crippen LogP) is 4.76. The number of methoxy groups -OCH3 is 2. The summed E-state index contributed by atoms with van der Waals surface area (Å²) in [6.07, 6.45) is 3.40. The van der Waals surface area contributed by atoms with Crippen molar-refractivity contribution in [3.63, 3.8) is 0 Å². The quantitative estimate of drug-likeness (QED) is 0.505. The number of thiazole rings is 1. The van der Waals surface area contributed by atoms with Crippen molar-refractivity contribution in [1.82, 2.24) is 4.98 Å². The van der Waals surface area contributed by atoms with Gasteiger partial charge in [-0.05, 0) is 35.9 Å². The lowest BCUT2D eigenvalue weighted by atomic mass is 10.1. The van der Waals surface area contributed by atoms with Crippen LogP contribution in [0.5, 0.6) is 11.5 Å². The largest absolute Gasteiger partial charge is 0.493 e. The predicted molar refractivity (Wildman–Crippen MR) is 118 cm³/mol. The number of aliphatic imine (C=N–C) groups is 1. The molecule has 0 radical (unpaired) electrons. The number of ether oxygens (including phenoxy) is 2. The number of rotatable bonds is 5. The number of hydrogen-bond donors (Lipinski definition) is 0. The van der Waals surface area contributed by atoms with Gasteiger partial charge in [-0.3, -0.25) is 4.79 Å². The fraction of sp³-hybridized carbons (Fsp3) is 0.0952. The van der Waals surface area contributed by atoms with Gasteiger partial charge in [-0.15, -0.1) is 11.3 Å². The van der Waals surface area contributed by atoms with E-state index in [0.717, 1.165) is 15.6 Å². The van der Waals surface area contributed by atoms with Gasteiger partial charge in [0.05, 0.1) is 14.2 Å². The molecule has 1 aromatic heterocycles. The van der Waals surface area contributed by atoms with Gasteiger partial charge in [0.1, 0.15) is 11.5 Å². The SMILES string of the molecule is COc1ccc(/C=C2\N=C(c3cccc(Br)c3)N(c3nccs3)C2=O)cc1OC. The Morgan fingerprint density at radius 3 is 2.62 bits per heavy atom. The zero-order chi connectivity index (χ0) is 20.4. The van der Waals surface area contributed by atoms with Crippen LogP contribution in [0.1, 0.15) is 11.1 Å². The van der Waals surface area contributed by atoms with Crippen molar-refractivity contribution in [2.24, 2.45) is 4.99 Å². The molecule has 0 saturated carbocycles. The molecule has 0 fully saturated rings. The van der Waals surface area contributed by atoms with Crippen molar-refractivity contribution in [1.29, 1.82) is 0 Å². The molecule has 29 heavy (non-hydrogen) atoms. The number of benzene rings is 2. The van der Waals surface area contributed by atoms with E-state index in [1.54, 1.807) is 43.5 Å². The number of nitrogens with zero attached hydrogens (tertiary/aromatic N) is 3. The Morgan fingerprint density at radius 2 is 1.93 bits per heavy atom. The Balaban J connectivity index is 1.80. The molecule has 0 bridgehead atoms. The van der Waals surface area contributed by atoms with Crippen molar-refractivity contribution in [3.8, 4) is 11.5 Å². The summed E-state index contributed by atoms with van der Waals surface area (Å²) < 4.78 is 11.5. The Labute approximate surface area is 180 Å². The summed E-state index contributed by atoms with van der Waals surface area (Å²) in [6.45, 7) is 0. The molecular weight excluding hydrogens is 454 g/mol. The lowest BCUT2D eigenvalue weighted by Gasteiger charge is -2.15. The standard InChI is InChI=1S/C21H16BrN3O3S/c1-27-17-7-6-13(11-18(17)28-2)10-16-20(26)25(21-23-8-9-29-21)19(24-16)14-4-3-5-15(22)12-14/h3-12H,1-2H3/b16-10-. The minimum atomic E-state index is -0.232. The van der Waals surface area contributed by atoms with Crippen molar-refractivity contribution >= 4 is 50.2 Å². The minimum absolute atomic E-state index is 0.232. The Hall–Kier alpha value is -2.97. The first-order valence-electron chi connectivity index (χ1n) is 8.63. The number of amides is 1. The molecule has 1 aliphatic heterocycles. The molecule has 0 N–H and O–H groups in total. The molecule has 8 heteroatoms. The van der Waals surface area contributed by atoms with E-state index in [-0.39, 0.29) is 5.91 Å². The molecule has 146 valence electrons. The summed E-state index contributed by atoms with van der Waals surface area (Å²) in [5.41, 5.74) is 1.92. The van der Waals surface area contributed by atoms with Crippen LogP contribution >= 0.6 is 27.3 Å². The molecule has 6 nitrogen and oxygen atoms in total. The highest BCUT2D eigenvalue weighted by molar-refractivity contribution is 9.10. The Kier molecular flexibility index (Phi) is 5.46. The zero-order valence-electron chi connectivity index (χ0n) is 15.6. The maximum Gasteiger partial charge on any atom is 0.284 e. The number of anilines is 1. The maximum absolute atomic E-state index is 13.2. The van der Waals surface area contributed by atoms with Crippen LogP contribution in [-0.2, 0) is 4.79 Å². The van der Waals surface area contributed by atoms with Crippen molar-refractivity contribution < 1.29 is 14.3 Å². The smallest absolute Gasteiger partial charge is 0.284 e. The van der Waals surface area contributed by atoms with Crippen LogP contribution in [0, 0.1) is 0 Å². The molecule has 2 aromatic carbocycles. The van der Waals surface area contributed by atoms with E-state index < -0.39 is 0 Å². The topological polar surface area (TPSA) is 64.0 Å². The molecule has 0 spiro atoms. The van der Waals surface area contributed by atoms with Gasteiger partial charge in [0.2, 0.25) is 0 Å². The van der Waals surface area contributed by atoms with Crippen LogP contribution in [-0.4, -0.2) is 30.9 Å². The minimum Gasteiger partial charge on any atom is -0.493 e. The summed E-state index contributed by atoms with van der Waals surface area (Å²) in [5, 5.41) is 2.40. The van der Waals surface area contributed by atoms with Gasteiger partial charge in [0.15, 0.2) is 16.6 Å². The van der Waals surface area contributed by atoms with Crippen LogP contribution in [0.25, 0.3) is 6.08 Å². The zero-order valence-corrected chi connectivity index (χ0v) is 18.0. The molecular formula is C21H16BrN3O3S. The van der Waals surface area contributed by atoms with Crippen LogP contribution in [0.3, 0.4) is 0 Å². The number of halogens is 1. The third-order valence-corrected chi connectivity index (χ3v) is 5.51. The number of carbonyl (C=O) groups excluding carboxylic acids is 1. The number of amidine groups is 1. The summed E-state index contributed by atoms with van der Waals surface area (Å²) in [7, 11) is 3.15. The van der Waals surface area contributed by atoms with Gasteiger partial charge in [-0.25, -0.2) is 14.9 Å². The van der Waals surface area contributed by atoms with Crippen LogP contribution in [0.4, 0.5) is 5.13 Å². The van der Waals surface area contributed by atoms with E-state index in [2.05, 4.69) is 25.9 Å². The van der Waals surface area contributed by atoms with E-state index >= 15 is 0 Å². The number of aromatic nitrogens is 1. The molecule has 0 unspecified atom stereocenters. The molecule has 0 atom stereocenters. The lowest BCUT2D eigenvalue weighted by Crippen LogP contribution is -2.32. The highest BCUT2D eigenvalue weighted by Crippen LogP contribution is 2.32. The Bertz CT molecular complexity index is 1130. The van der Waals surface area contributed by atoms with E-state index in [1.165, 1.54) is 11.3 Å². The van der Waals surface area contributed by atoms with Crippen molar-refractivity contribution in [2.45, 2.75) is 0 Å². The average molecular weight is 470 g/mol. The lowest BCUT2D eigenvalue weighted by molar-refractivity contribution is -0.113. The summed E-state index contributed by atoms with van der Waals surface area (Å²) in [5.74, 6) is 1.51. The molecule has 0 saturated heterocycles. The van der Waals surface area contributed by atoms with Crippen LogP contribution in [0.2, 0.25) is 0 Å². The second-order valence-electron chi connectivity index (χ2n) is 6.04. The van der Waals surface area contributed by atoms with E-state index in [4.69, 9.17) is 9.47 Å². The number of hydrogen-bond acceptors (Lipinski definition) is 6. The summed E-state index contributed by atoms with van der Waals surface area (Å²) in [4.78, 5) is 23.7. The van der Waals surface area contributed by atoms with Gasteiger partial charge < -0.3 is 9.47 Å². The third-order valence-electron chi connectivity index (χ3n) is 4.26. The van der Waals surface area contributed by atoms with Gasteiger partial charge >= 0.3 is 0 Å². The summed E-state index contributed by atoms with van der Waals surface area (Å²) in [6, 6.07) is 13.1. The van der Waals surface area contributed by atoms with Crippen LogP contribution < -0.4 is 14.4 Å². The molecule has 0 aliphatic carbocycles. The molecule has 1 aliphatic rings. The molecule has 1 amide bonds. The molecule has 3 aromatic rings. The van der Waals surface area contributed by atoms with E-state index in [0.29, 0.717) is 28.2 Å². The monoisotopic (exact) mass is 469 g/mol. The van der Waals surface area contributed by atoms with Crippen molar-refractivity contribution in [3.05, 3.63) is 75.3 Å². The third kappa shape index (κ3) is 3.81. The van der Waals surface area contributed by atoms with E-state index in [1.807, 2.05) is 35.7 Å². The fourth-order valence-corrected chi connectivity index (χ4v) is 3.98. The highest BCUT2D eigenvalue weighted by atomic mass is 79.9. The number of carbonyl (C=O) groups is 1. The van der Waals surface area contributed by atoms with Gasteiger partial charge in [-0.2, -0.15) is 0 Å². The summed E-state index contributed by atoms with van der Waals surface area (Å²) >= 11 is 4.86. The van der Waals surface area contributed by atoms with Crippen LogP contribution in [0.15, 0.2) is 69.2 Å². The van der Waals surface area contributed by atoms with Gasteiger partial charge in [0, 0.05) is 21.6 Å².